The topological polar surface area (TPSA) is 36.9 Å². The van der Waals surface area contributed by atoms with Crippen LogP contribution in [-0.2, 0) is 6.54 Å². The first-order chi connectivity index (χ1) is 8.13. The van der Waals surface area contributed by atoms with Gasteiger partial charge in [-0.1, -0.05) is 13.8 Å². The highest BCUT2D eigenvalue weighted by atomic mass is 32.1. The van der Waals surface area contributed by atoms with Crippen LogP contribution in [0.1, 0.15) is 40.0 Å². The van der Waals surface area contributed by atoms with Gasteiger partial charge in [0.05, 0.1) is 0 Å². The Morgan fingerprint density at radius 3 is 2.76 bits per heavy atom. The number of hydrogen-bond donors (Lipinski definition) is 1. The molecule has 0 aromatic carbocycles. The molecule has 1 aromatic heterocycles. The number of aromatic nitrogens is 3. The first kappa shape index (κ1) is 12.6. The highest BCUT2D eigenvalue weighted by molar-refractivity contribution is 7.71. The molecular formula is C12H22N4S. The van der Waals surface area contributed by atoms with Crippen LogP contribution in [0.25, 0.3) is 0 Å². The molecule has 1 heterocycles. The molecule has 96 valence electrons. The molecule has 0 unspecified atom stereocenters. The van der Waals surface area contributed by atoms with Crippen molar-refractivity contribution in [2.24, 2.45) is 5.92 Å². The van der Waals surface area contributed by atoms with Crippen molar-refractivity contribution >= 4 is 18.2 Å². The zero-order chi connectivity index (χ0) is 12.4. The summed E-state index contributed by atoms with van der Waals surface area (Å²) >= 11 is 5.25. The van der Waals surface area contributed by atoms with E-state index in [-0.39, 0.29) is 0 Å². The van der Waals surface area contributed by atoms with Gasteiger partial charge in [0.1, 0.15) is 0 Å². The summed E-state index contributed by atoms with van der Waals surface area (Å²) < 4.78 is 2.83. The van der Waals surface area contributed by atoms with Gasteiger partial charge in [0.2, 0.25) is 5.95 Å². The van der Waals surface area contributed by atoms with Crippen molar-refractivity contribution in [3.05, 3.63) is 4.77 Å². The molecule has 1 aliphatic rings. The average molecular weight is 254 g/mol. The molecule has 5 heteroatoms. The molecule has 1 fully saturated rings. The van der Waals surface area contributed by atoms with Gasteiger partial charge in [-0.25, -0.2) is 5.10 Å². The van der Waals surface area contributed by atoms with E-state index in [4.69, 9.17) is 12.2 Å². The van der Waals surface area contributed by atoms with Crippen molar-refractivity contribution in [1.82, 2.24) is 14.8 Å². The summed E-state index contributed by atoms with van der Waals surface area (Å²) in [6.45, 7) is 8.61. The number of H-pyrrole nitrogens is 1. The minimum absolute atomic E-state index is 0.684. The lowest BCUT2D eigenvalue weighted by Gasteiger charge is -2.24. The van der Waals surface area contributed by atoms with Gasteiger partial charge in [0.25, 0.3) is 0 Å². The zero-order valence-electron chi connectivity index (χ0n) is 10.9. The average Bonchev–Trinajstić information content (AvgIpc) is 3.04. The summed E-state index contributed by atoms with van der Waals surface area (Å²) in [7, 11) is 0. The quantitative estimate of drug-likeness (QED) is 0.793. The van der Waals surface area contributed by atoms with E-state index in [1.54, 1.807) is 0 Å². The summed E-state index contributed by atoms with van der Waals surface area (Å²) in [5, 5.41) is 7.31. The van der Waals surface area contributed by atoms with Crippen molar-refractivity contribution in [3.8, 4) is 0 Å². The van der Waals surface area contributed by atoms with Gasteiger partial charge in [0, 0.05) is 19.1 Å². The SMILES string of the molecule is CCn1c(N(CCC(C)C)C2CC2)n[nH]c1=S. The van der Waals surface area contributed by atoms with Crippen molar-refractivity contribution in [2.75, 3.05) is 11.4 Å². The van der Waals surface area contributed by atoms with Crippen molar-refractivity contribution in [3.63, 3.8) is 0 Å². The van der Waals surface area contributed by atoms with E-state index < -0.39 is 0 Å². The Bertz CT molecular complexity index is 416. The molecule has 0 saturated heterocycles. The van der Waals surface area contributed by atoms with Gasteiger partial charge in [-0.2, -0.15) is 0 Å². The van der Waals surface area contributed by atoms with Crippen molar-refractivity contribution < 1.29 is 0 Å². The largest absolute Gasteiger partial charge is 0.338 e. The molecule has 17 heavy (non-hydrogen) atoms. The van der Waals surface area contributed by atoms with Crippen LogP contribution in [0.15, 0.2) is 0 Å². The number of aromatic amines is 1. The van der Waals surface area contributed by atoms with Crippen LogP contribution in [0.2, 0.25) is 0 Å². The zero-order valence-corrected chi connectivity index (χ0v) is 11.8. The number of nitrogens with one attached hydrogen (secondary N) is 1. The minimum Gasteiger partial charge on any atom is -0.338 e. The van der Waals surface area contributed by atoms with E-state index >= 15 is 0 Å². The normalized spacial score (nSPS) is 15.5. The van der Waals surface area contributed by atoms with Crippen molar-refractivity contribution in [2.45, 2.75) is 52.6 Å². The first-order valence-electron chi connectivity index (χ1n) is 6.55. The fourth-order valence-electron chi connectivity index (χ4n) is 2.04. The van der Waals surface area contributed by atoms with Gasteiger partial charge in [0.15, 0.2) is 4.77 Å². The van der Waals surface area contributed by atoms with E-state index in [0.29, 0.717) is 6.04 Å². The Morgan fingerprint density at radius 1 is 1.53 bits per heavy atom. The fraction of sp³-hybridized carbons (Fsp3) is 0.833. The van der Waals surface area contributed by atoms with Gasteiger partial charge in [-0.05, 0) is 44.3 Å². The number of anilines is 1. The first-order valence-corrected chi connectivity index (χ1v) is 6.96. The second-order valence-electron chi connectivity index (χ2n) is 5.18. The number of hydrogen-bond acceptors (Lipinski definition) is 3. The minimum atomic E-state index is 0.684. The molecule has 1 N–H and O–H groups in total. The van der Waals surface area contributed by atoms with E-state index in [1.165, 1.54) is 19.3 Å². The third-order valence-corrected chi connectivity index (χ3v) is 3.56. The van der Waals surface area contributed by atoms with Crippen LogP contribution in [-0.4, -0.2) is 27.4 Å². The Balaban J connectivity index is 2.17. The molecule has 4 nitrogen and oxygen atoms in total. The molecule has 0 atom stereocenters. The van der Waals surface area contributed by atoms with E-state index in [9.17, 15) is 0 Å². The van der Waals surface area contributed by atoms with Crippen LogP contribution in [0.4, 0.5) is 5.95 Å². The fourth-order valence-corrected chi connectivity index (χ4v) is 2.30. The lowest BCUT2D eigenvalue weighted by atomic mass is 10.1. The second kappa shape index (κ2) is 5.21. The molecule has 0 bridgehead atoms. The molecule has 0 spiro atoms. The maximum absolute atomic E-state index is 5.25. The molecule has 1 saturated carbocycles. The highest BCUT2D eigenvalue weighted by Crippen LogP contribution is 2.31. The summed E-state index contributed by atoms with van der Waals surface area (Å²) in [4.78, 5) is 2.43. The standard InChI is InChI=1S/C12H22N4S/c1-4-15-11(13-14-12(15)17)16(10-5-6-10)8-7-9(2)3/h9-10H,4-8H2,1-3H3,(H,14,17). The Labute approximate surface area is 108 Å². The van der Waals surface area contributed by atoms with Crippen LogP contribution in [0.5, 0.6) is 0 Å². The Morgan fingerprint density at radius 2 is 2.24 bits per heavy atom. The third kappa shape index (κ3) is 2.89. The highest BCUT2D eigenvalue weighted by Gasteiger charge is 2.31. The lowest BCUT2D eigenvalue weighted by Crippen LogP contribution is -2.30. The van der Waals surface area contributed by atoms with Crippen LogP contribution >= 0.6 is 12.2 Å². The lowest BCUT2D eigenvalue weighted by molar-refractivity contribution is 0.558. The van der Waals surface area contributed by atoms with Crippen molar-refractivity contribution in [1.29, 1.82) is 0 Å². The second-order valence-corrected chi connectivity index (χ2v) is 5.57. The molecule has 1 aliphatic carbocycles. The maximum atomic E-state index is 5.25. The van der Waals surface area contributed by atoms with E-state index in [2.05, 4.69) is 40.4 Å². The predicted molar refractivity (Wildman–Crippen MR) is 72.9 cm³/mol. The van der Waals surface area contributed by atoms with Crippen LogP contribution < -0.4 is 4.90 Å². The Hall–Kier alpha value is -0.840. The smallest absolute Gasteiger partial charge is 0.225 e. The summed E-state index contributed by atoms with van der Waals surface area (Å²) in [5.41, 5.74) is 0. The predicted octanol–water partition coefficient (Wildman–Crippen LogP) is 2.98. The summed E-state index contributed by atoms with van der Waals surface area (Å²) in [6, 6.07) is 0.684. The molecule has 0 radical (unpaired) electrons. The number of nitrogens with zero attached hydrogens (tertiary/aromatic N) is 3. The van der Waals surface area contributed by atoms with Gasteiger partial charge >= 0.3 is 0 Å². The summed E-state index contributed by atoms with van der Waals surface area (Å²) in [5.74, 6) is 1.76. The van der Waals surface area contributed by atoms with E-state index in [0.717, 1.165) is 29.7 Å². The molecule has 2 rings (SSSR count). The molecule has 0 aliphatic heterocycles. The van der Waals surface area contributed by atoms with E-state index in [1.807, 2.05) is 0 Å². The Kier molecular flexibility index (Phi) is 3.86. The number of rotatable bonds is 6. The van der Waals surface area contributed by atoms with Crippen LogP contribution in [0, 0.1) is 10.7 Å². The monoisotopic (exact) mass is 254 g/mol. The van der Waals surface area contributed by atoms with Gasteiger partial charge < -0.3 is 4.90 Å². The van der Waals surface area contributed by atoms with Gasteiger partial charge in [-0.15, -0.1) is 5.10 Å². The molecule has 1 aromatic rings. The summed E-state index contributed by atoms with van der Waals surface area (Å²) in [6.07, 6.45) is 3.79. The van der Waals surface area contributed by atoms with Crippen LogP contribution in [0.3, 0.4) is 0 Å². The maximum Gasteiger partial charge on any atom is 0.225 e. The molecule has 0 amide bonds. The third-order valence-electron chi connectivity index (χ3n) is 3.25. The van der Waals surface area contributed by atoms with Gasteiger partial charge in [-0.3, -0.25) is 4.57 Å². The molecular weight excluding hydrogens is 232 g/mol.